The van der Waals surface area contributed by atoms with E-state index in [4.69, 9.17) is 60.7 Å². The highest BCUT2D eigenvalue weighted by atomic mass is 35.5. The van der Waals surface area contributed by atoms with Gasteiger partial charge in [-0.15, -0.1) is 0 Å². The predicted octanol–water partition coefficient (Wildman–Crippen LogP) is 6.65. The van der Waals surface area contributed by atoms with Crippen molar-refractivity contribution in [2.75, 3.05) is 19.8 Å². The summed E-state index contributed by atoms with van der Waals surface area (Å²) in [6.45, 7) is 3.41. The molecule has 0 radical (unpaired) electrons. The van der Waals surface area contributed by atoms with Crippen LogP contribution >= 0.6 is 46.4 Å². The van der Waals surface area contributed by atoms with Gasteiger partial charge in [0.2, 0.25) is 0 Å². The van der Waals surface area contributed by atoms with Crippen LogP contribution in [0, 0.1) is 0 Å². The second-order valence-corrected chi connectivity index (χ2v) is 6.81. The number of rotatable bonds is 12. The van der Waals surface area contributed by atoms with Crippen molar-refractivity contribution < 1.29 is 14.3 Å². The second-order valence-electron chi connectivity index (χ2n) is 4.99. The minimum atomic E-state index is 0.138. The van der Waals surface area contributed by atoms with Gasteiger partial charge in [0.1, 0.15) is 23.5 Å². The molecule has 0 spiro atoms. The number of nitrogens with zero attached hydrogens (tertiary/aromatic N) is 1. The first-order valence-corrected chi connectivity index (χ1v) is 9.45. The van der Waals surface area contributed by atoms with Crippen molar-refractivity contribution in [1.82, 2.24) is 0 Å². The first-order chi connectivity index (χ1) is 12.0. The van der Waals surface area contributed by atoms with Gasteiger partial charge in [-0.1, -0.05) is 58.5 Å². The van der Waals surface area contributed by atoms with Gasteiger partial charge in [-0.05, 0) is 31.8 Å². The van der Waals surface area contributed by atoms with E-state index in [-0.39, 0.29) is 11.1 Å². The van der Waals surface area contributed by atoms with Gasteiger partial charge in [0.05, 0.1) is 16.7 Å². The van der Waals surface area contributed by atoms with E-state index in [1.807, 2.05) is 6.92 Å². The summed E-state index contributed by atoms with van der Waals surface area (Å²) in [5.41, 5.74) is 0. The largest absolute Gasteiger partial charge is 0.490 e. The van der Waals surface area contributed by atoms with Gasteiger partial charge in [0.25, 0.3) is 0 Å². The molecule has 0 heterocycles. The van der Waals surface area contributed by atoms with E-state index in [1.165, 1.54) is 6.08 Å². The average molecular weight is 429 g/mol. The maximum Gasteiger partial charge on any atom is 0.156 e. The maximum atomic E-state index is 6.19. The molecule has 0 unspecified atom stereocenters. The fourth-order valence-corrected chi connectivity index (χ4v) is 2.42. The van der Waals surface area contributed by atoms with E-state index in [9.17, 15) is 0 Å². The third kappa shape index (κ3) is 10.0. The fourth-order valence-electron chi connectivity index (χ4n) is 1.72. The number of halogens is 4. The molecular weight excluding hydrogens is 408 g/mol. The number of benzene rings is 1. The number of ether oxygens (including phenoxy) is 2. The molecule has 0 amide bonds. The van der Waals surface area contributed by atoms with Gasteiger partial charge >= 0.3 is 0 Å². The predicted molar refractivity (Wildman–Crippen MR) is 106 cm³/mol. The Labute approximate surface area is 168 Å². The first-order valence-electron chi connectivity index (χ1n) is 7.94. The molecule has 0 saturated carbocycles. The molecule has 0 aliphatic rings. The average Bonchev–Trinajstić information content (AvgIpc) is 2.55. The van der Waals surface area contributed by atoms with E-state index in [0.717, 1.165) is 25.7 Å². The zero-order valence-electron chi connectivity index (χ0n) is 13.9. The van der Waals surface area contributed by atoms with E-state index >= 15 is 0 Å². The molecule has 0 fully saturated rings. The molecule has 0 N–H and O–H groups in total. The zero-order valence-corrected chi connectivity index (χ0v) is 17.0. The summed E-state index contributed by atoms with van der Waals surface area (Å²) in [6, 6.07) is 3.27. The summed E-state index contributed by atoms with van der Waals surface area (Å²) in [6.07, 6.45) is 6.85. The Kier molecular flexibility index (Phi) is 11.9. The Balaban J connectivity index is 2.36. The summed E-state index contributed by atoms with van der Waals surface area (Å²) in [4.78, 5) is 5.02. The monoisotopic (exact) mass is 427 g/mol. The van der Waals surface area contributed by atoms with Gasteiger partial charge in [-0.2, -0.15) is 0 Å². The summed E-state index contributed by atoms with van der Waals surface area (Å²) in [5.74, 6) is 0.957. The lowest BCUT2D eigenvalue weighted by Crippen LogP contribution is -2.00. The molecule has 0 atom stereocenters. The lowest BCUT2D eigenvalue weighted by molar-refractivity contribution is 0.146. The van der Waals surface area contributed by atoms with E-state index in [0.29, 0.717) is 34.8 Å². The van der Waals surface area contributed by atoms with Crippen LogP contribution < -0.4 is 9.47 Å². The summed E-state index contributed by atoms with van der Waals surface area (Å²) in [5, 5.41) is 4.62. The maximum absolute atomic E-state index is 6.19. The Morgan fingerprint density at radius 3 is 2.44 bits per heavy atom. The molecule has 25 heavy (non-hydrogen) atoms. The van der Waals surface area contributed by atoms with Crippen LogP contribution in [0.4, 0.5) is 0 Å². The molecule has 0 aromatic heterocycles. The van der Waals surface area contributed by atoms with Gasteiger partial charge in [0.15, 0.2) is 5.75 Å². The van der Waals surface area contributed by atoms with Crippen LogP contribution in [0.1, 0.15) is 32.6 Å². The standard InChI is InChI=1S/C17H21Cl4NO3/c1-2-8-25-22-7-4-3-5-9-24-17-14(18)11-13(12-15(17)19)23-10-6-16(20)21/h6-7,11-12H,2-5,8-10H2,1H3/b22-7+. The minimum Gasteiger partial charge on any atom is -0.490 e. The third-order valence-electron chi connectivity index (χ3n) is 2.88. The van der Waals surface area contributed by atoms with Crippen LogP contribution in [0.2, 0.25) is 10.0 Å². The zero-order chi connectivity index (χ0) is 18.5. The highest BCUT2D eigenvalue weighted by Crippen LogP contribution is 2.37. The Morgan fingerprint density at radius 2 is 1.80 bits per heavy atom. The molecule has 1 aromatic carbocycles. The van der Waals surface area contributed by atoms with Crippen molar-refractivity contribution in [3.63, 3.8) is 0 Å². The summed E-state index contributed by atoms with van der Waals surface area (Å²) in [7, 11) is 0. The van der Waals surface area contributed by atoms with Crippen molar-refractivity contribution >= 4 is 52.6 Å². The van der Waals surface area contributed by atoms with Crippen molar-refractivity contribution in [1.29, 1.82) is 0 Å². The van der Waals surface area contributed by atoms with Crippen molar-refractivity contribution in [2.45, 2.75) is 32.6 Å². The highest BCUT2D eigenvalue weighted by Gasteiger charge is 2.10. The normalized spacial score (nSPS) is 10.8. The molecule has 0 aliphatic heterocycles. The first kappa shape index (κ1) is 22.2. The van der Waals surface area contributed by atoms with Crippen molar-refractivity contribution in [3.8, 4) is 11.5 Å². The molecule has 0 saturated heterocycles. The molecule has 0 aliphatic carbocycles. The molecule has 1 rings (SSSR count). The highest BCUT2D eigenvalue weighted by molar-refractivity contribution is 6.55. The fraction of sp³-hybridized carbons (Fsp3) is 0.471. The smallest absolute Gasteiger partial charge is 0.156 e. The van der Waals surface area contributed by atoms with E-state index in [1.54, 1.807) is 18.3 Å². The molecule has 8 heteroatoms. The lowest BCUT2D eigenvalue weighted by atomic mass is 10.2. The number of unbranched alkanes of at least 4 members (excludes halogenated alkanes) is 2. The number of oxime groups is 1. The van der Waals surface area contributed by atoms with Gasteiger partial charge in [-0.25, -0.2) is 0 Å². The van der Waals surface area contributed by atoms with Crippen LogP contribution in [0.15, 0.2) is 27.9 Å². The van der Waals surface area contributed by atoms with Crippen LogP contribution in [0.5, 0.6) is 11.5 Å². The number of hydrogen-bond acceptors (Lipinski definition) is 4. The van der Waals surface area contributed by atoms with Gasteiger partial charge < -0.3 is 14.3 Å². The van der Waals surface area contributed by atoms with E-state index in [2.05, 4.69) is 5.16 Å². The molecule has 0 bridgehead atoms. The van der Waals surface area contributed by atoms with Crippen molar-refractivity contribution in [2.24, 2.45) is 5.16 Å². The Morgan fingerprint density at radius 1 is 1.08 bits per heavy atom. The second kappa shape index (κ2) is 13.4. The summed E-state index contributed by atoms with van der Waals surface area (Å²) >= 11 is 23.4. The minimum absolute atomic E-state index is 0.138. The number of hydrogen-bond donors (Lipinski definition) is 0. The van der Waals surface area contributed by atoms with Crippen LogP contribution in [-0.2, 0) is 4.84 Å². The molecular formula is C17H21Cl4NO3. The molecule has 4 nitrogen and oxygen atoms in total. The Hall–Kier alpha value is -0.810. The SMILES string of the molecule is CCCO/N=C/CCCCOc1c(Cl)cc(OCC=C(Cl)Cl)cc1Cl. The Bertz CT molecular complexity index is 552. The van der Waals surface area contributed by atoms with Crippen molar-refractivity contribution in [3.05, 3.63) is 32.7 Å². The van der Waals surface area contributed by atoms with Crippen LogP contribution in [-0.4, -0.2) is 26.0 Å². The molecule has 140 valence electrons. The van der Waals surface area contributed by atoms with Gasteiger partial charge in [-0.3, -0.25) is 0 Å². The summed E-state index contributed by atoms with van der Waals surface area (Å²) < 4.78 is 11.2. The third-order valence-corrected chi connectivity index (χ3v) is 3.75. The quantitative estimate of drug-likeness (QED) is 0.212. The van der Waals surface area contributed by atoms with E-state index < -0.39 is 0 Å². The van der Waals surface area contributed by atoms with Crippen LogP contribution in [0.25, 0.3) is 0 Å². The lowest BCUT2D eigenvalue weighted by Gasteiger charge is -2.12. The van der Waals surface area contributed by atoms with Gasteiger partial charge in [0, 0.05) is 18.3 Å². The van der Waals surface area contributed by atoms with Crippen LogP contribution in [0.3, 0.4) is 0 Å². The topological polar surface area (TPSA) is 40.0 Å². The molecule has 1 aromatic rings.